The van der Waals surface area contributed by atoms with Gasteiger partial charge in [-0.2, -0.15) is 4.98 Å². The van der Waals surface area contributed by atoms with Crippen LogP contribution in [0.4, 0.5) is 5.82 Å². The van der Waals surface area contributed by atoms with Gasteiger partial charge in [0.15, 0.2) is 12.0 Å². The summed E-state index contributed by atoms with van der Waals surface area (Å²) in [6.07, 6.45) is 3.03. The third-order valence-electron chi connectivity index (χ3n) is 4.70. The number of unbranched alkanes of at least 4 members (excludes halogenated alkanes) is 5. The second kappa shape index (κ2) is 11.1. The lowest BCUT2D eigenvalue weighted by atomic mass is 10.1. The fourth-order valence-electron chi connectivity index (χ4n) is 3.06. The van der Waals surface area contributed by atoms with Gasteiger partial charge in [0.1, 0.15) is 24.9 Å². The molecular formula is C18H29N3O7. The number of anilines is 1. The summed E-state index contributed by atoms with van der Waals surface area (Å²) in [6, 6.07) is 1.30. The van der Waals surface area contributed by atoms with Crippen molar-refractivity contribution in [2.75, 3.05) is 12.1 Å². The maximum Gasteiger partial charge on any atom is 0.351 e. The number of esters is 1. The van der Waals surface area contributed by atoms with Crippen LogP contribution < -0.4 is 11.2 Å². The number of rotatable bonds is 11. The van der Waals surface area contributed by atoms with E-state index in [1.54, 1.807) is 5.48 Å². The Kier molecular flexibility index (Phi) is 8.84. The van der Waals surface area contributed by atoms with Gasteiger partial charge in [0.2, 0.25) is 0 Å². The normalized spacial score (nSPS) is 24.3. The predicted molar refractivity (Wildman–Crippen MR) is 98.8 cm³/mol. The van der Waals surface area contributed by atoms with Gasteiger partial charge in [0.05, 0.1) is 0 Å². The predicted octanol–water partition coefficient (Wildman–Crippen LogP) is 0.957. The first-order chi connectivity index (χ1) is 13.5. The molecule has 28 heavy (non-hydrogen) atoms. The number of ether oxygens (including phenoxy) is 2. The van der Waals surface area contributed by atoms with Crippen molar-refractivity contribution in [3.05, 3.63) is 22.7 Å². The lowest BCUT2D eigenvalue weighted by molar-refractivity contribution is -0.150. The van der Waals surface area contributed by atoms with Crippen molar-refractivity contribution in [1.29, 1.82) is 0 Å². The first kappa shape index (κ1) is 22.3. The van der Waals surface area contributed by atoms with Crippen molar-refractivity contribution in [3.8, 4) is 0 Å². The largest absolute Gasteiger partial charge is 0.463 e. The zero-order valence-electron chi connectivity index (χ0n) is 16.0. The van der Waals surface area contributed by atoms with E-state index in [2.05, 4.69) is 11.9 Å². The van der Waals surface area contributed by atoms with E-state index in [-0.39, 0.29) is 18.4 Å². The molecule has 2 heterocycles. The van der Waals surface area contributed by atoms with Crippen LogP contribution in [0.1, 0.15) is 58.1 Å². The van der Waals surface area contributed by atoms with E-state index in [1.165, 1.54) is 25.1 Å². The molecule has 1 fully saturated rings. The van der Waals surface area contributed by atoms with Crippen molar-refractivity contribution >= 4 is 11.8 Å². The van der Waals surface area contributed by atoms with E-state index in [4.69, 9.17) is 14.7 Å². The Morgan fingerprint density at radius 2 is 1.96 bits per heavy atom. The molecule has 158 valence electrons. The third kappa shape index (κ3) is 5.99. The molecule has 10 heteroatoms. The number of aliphatic hydroxyl groups excluding tert-OH is 2. The van der Waals surface area contributed by atoms with Crippen molar-refractivity contribution in [2.24, 2.45) is 0 Å². The van der Waals surface area contributed by atoms with E-state index in [0.29, 0.717) is 6.42 Å². The number of aliphatic hydroxyl groups is 2. The Balaban J connectivity index is 1.81. The van der Waals surface area contributed by atoms with Gasteiger partial charge in [-0.15, -0.1) is 0 Å². The monoisotopic (exact) mass is 399 g/mol. The summed E-state index contributed by atoms with van der Waals surface area (Å²) >= 11 is 0. The van der Waals surface area contributed by atoms with E-state index >= 15 is 0 Å². The molecule has 1 saturated heterocycles. The van der Waals surface area contributed by atoms with Crippen LogP contribution in [0.5, 0.6) is 0 Å². The molecule has 1 aromatic heterocycles. The Bertz CT molecular complexity index is 681. The molecule has 1 aliphatic rings. The standard InChI is InChI=1S/C18H29N3O7/c1-2-3-4-5-6-7-8-14(22)27-11-12-15(23)16(24)17(28-12)21-10-9-13(20-26)19-18(21)25/h9-10,12,15-17,23-24,26H,2-8,11H2,1H3,(H,19,20,25)/t12-,15?,16?,17-/m1/s1. The highest BCUT2D eigenvalue weighted by molar-refractivity contribution is 5.69. The van der Waals surface area contributed by atoms with E-state index < -0.39 is 30.2 Å². The number of nitrogens with zero attached hydrogens (tertiary/aromatic N) is 2. The molecule has 0 aliphatic carbocycles. The molecule has 2 rings (SSSR count). The Hall–Kier alpha value is -2.01. The fraction of sp³-hybridized carbons (Fsp3) is 0.722. The molecule has 0 spiro atoms. The van der Waals surface area contributed by atoms with Gasteiger partial charge in [-0.3, -0.25) is 20.0 Å². The maximum absolute atomic E-state index is 12.0. The number of hydrogen-bond acceptors (Lipinski definition) is 9. The molecule has 10 nitrogen and oxygen atoms in total. The number of hydrogen-bond donors (Lipinski definition) is 4. The molecule has 0 saturated carbocycles. The van der Waals surface area contributed by atoms with Crippen LogP contribution in [0, 0.1) is 0 Å². The van der Waals surface area contributed by atoms with E-state index in [9.17, 15) is 19.8 Å². The Labute approximate surface area is 163 Å². The van der Waals surface area contributed by atoms with Crippen LogP contribution in [0.3, 0.4) is 0 Å². The highest BCUT2D eigenvalue weighted by atomic mass is 16.6. The first-order valence-electron chi connectivity index (χ1n) is 9.64. The molecule has 0 radical (unpaired) electrons. The second-order valence-corrected chi connectivity index (χ2v) is 6.86. The summed E-state index contributed by atoms with van der Waals surface area (Å²) < 4.78 is 11.6. The van der Waals surface area contributed by atoms with Gasteiger partial charge in [0.25, 0.3) is 0 Å². The first-order valence-corrected chi connectivity index (χ1v) is 9.64. The minimum atomic E-state index is -1.39. The molecule has 4 atom stereocenters. The van der Waals surface area contributed by atoms with Gasteiger partial charge in [0, 0.05) is 12.6 Å². The van der Waals surface area contributed by atoms with Crippen LogP contribution in [0.25, 0.3) is 0 Å². The molecule has 2 unspecified atom stereocenters. The lowest BCUT2D eigenvalue weighted by Crippen LogP contribution is -2.36. The van der Waals surface area contributed by atoms with Crippen LogP contribution in [-0.2, 0) is 14.3 Å². The van der Waals surface area contributed by atoms with Crippen molar-refractivity contribution in [3.63, 3.8) is 0 Å². The van der Waals surface area contributed by atoms with Gasteiger partial charge in [-0.05, 0) is 12.5 Å². The van der Waals surface area contributed by atoms with Gasteiger partial charge in [-0.1, -0.05) is 39.0 Å². The number of carbonyl (C=O) groups excluding carboxylic acids is 1. The molecule has 1 aromatic rings. The summed E-state index contributed by atoms with van der Waals surface area (Å²) in [4.78, 5) is 27.3. The minimum absolute atomic E-state index is 0.0607. The minimum Gasteiger partial charge on any atom is -0.463 e. The van der Waals surface area contributed by atoms with E-state index in [0.717, 1.165) is 30.3 Å². The average Bonchev–Trinajstić information content (AvgIpc) is 2.97. The average molecular weight is 399 g/mol. The smallest absolute Gasteiger partial charge is 0.351 e. The zero-order valence-corrected chi connectivity index (χ0v) is 16.0. The molecule has 1 aliphatic heterocycles. The number of carbonyl (C=O) groups is 1. The fourth-order valence-corrected chi connectivity index (χ4v) is 3.06. The lowest BCUT2D eigenvalue weighted by Gasteiger charge is -2.17. The quantitative estimate of drug-likeness (QED) is 0.243. The maximum atomic E-state index is 12.0. The molecular weight excluding hydrogens is 370 g/mol. The zero-order chi connectivity index (χ0) is 20.5. The summed E-state index contributed by atoms with van der Waals surface area (Å²) in [6.45, 7) is 1.93. The summed E-state index contributed by atoms with van der Waals surface area (Å²) in [5, 5.41) is 29.1. The van der Waals surface area contributed by atoms with Gasteiger partial charge in [-0.25, -0.2) is 4.79 Å². The van der Waals surface area contributed by atoms with Crippen LogP contribution in [0.15, 0.2) is 17.1 Å². The summed E-state index contributed by atoms with van der Waals surface area (Å²) in [5.74, 6) is -0.448. The van der Waals surface area contributed by atoms with Crippen molar-refractivity contribution in [1.82, 2.24) is 9.55 Å². The van der Waals surface area contributed by atoms with Gasteiger partial charge >= 0.3 is 11.7 Å². The molecule has 0 amide bonds. The molecule has 0 aromatic carbocycles. The van der Waals surface area contributed by atoms with E-state index in [1.807, 2.05) is 0 Å². The summed E-state index contributed by atoms with van der Waals surface area (Å²) in [7, 11) is 0. The van der Waals surface area contributed by atoms with Crippen LogP contribution in [0.2, 0.25) is 0 Å². The summed E-state index contributed by atoms with van der Waals surface area (Å²) in [5.41, 5.74) is 0.962. The van der Waals surface area contributed by atoms with Gasteiger partial charge < -0.3 is 19.7 Å². The highest BCUT2D eigenvalue weighted by Gasteiger charge is 2.44. The number of nitrogens with one attached hydrogen (secondary N) is 1. The highest BCUT2D eigenvalue weighted by Crippen LogP contribution is 2.28. The number of aromatic nitrogens is 2. The Morgan fingerprint density at radius 3 is 2.64 bits per heavy atom. The molecule has 4 N–H and O–H groups in total. The third-order valence-corrected chi connectivity index (χ3v) is 4.70. The molecule has 0 bridgehead atoms. The van der Waals surface area contributed by atoms with Crippen LogP contribution in [-0.4, -0.2) is 55.9 Å². The Morgan fingerprint density at radius 1 is 1.25 bits per heavy atom. The van der Waals surface area contributed by atoms with Crippen molar-refractivity contribution < 1.29 is 29.7 Å². The second-order valence-electron chi connectivity index (χ2n) is 6.86. The SMILES string of the molecule is CCCCCCCCC(=O)OC[C@H]1O[C@@H](n2ccc(NO)nc2=O)C(O)C1O. The van der Waals surface area contributed by atoms with Crippen molar-refractivity contribution in [2.45, 2.75) is 76.4 Å². The topological polar surface area (TPSA) is 143 Å². The van der Waals surface area contributed by atoms with Crippen LogP contribution >= 0.6 is 0 Å².